The summed E-state index contributed by atoms with van der Waals surface area (Å²) in [4.78, 5) is 18.8. The second-order valence-electron chi connectivity index (χ2n) is 8.14. The van der Waals surface area contributed by atoms with Crippen molar-refractivity contribution in [3.05, 3.63) is 57.9 Å². The zero-order valence-corrected chi connectivity index (χ0v) is 20.0. The number of carbonyl (C=O) groups excluding carboxylic acids is 1. The van der Waals surface area contributed by atoms with Crippen LogP contribution >= 0.6 is 0 Å². The number of carbonyl (C=O) groups is 1. The highest BCUT2D eigenvalue weighted by molar-refractivity contribution is 5.92. The van der Waals surface area contributed by atoms with Crippen molar-refractivity contribution in [2.75, 3.05) is 12.4 Å². The molecule has 4 nitrogen and oxygen atoms in total. The molecule has 1 saturated carbocycles. The van der Waals surface area contributed by atoms with Crippen molar-refractivity contribution < 1.29 is 13.6 Å². The van der Waals surface area contributed by atoms with Gasteiger partial charge in [-0.1, -0.05) is 38.2 Å². The molecule has 1 fully saturated rings. The quantitative estimate of drug-likeness (QED) is 0.567. The third-order valence-corrected chi connectivity index (χ3v) is 5.69. The van der Waals surface area contributed by atoms with E-state index in [1.54, 1.807) is 6.20 Å². The molecule has 32 heavy (non-hydrogen) atoms. The molecular formula is C26H35F2N3O. The number of nitrogens with zero attached hydrogens (tertiary/aromatic N) is 2. The Bertz CT molecular complexity index is 1030. The van der Waals surface area contributed by atoms with E-state index < -0.39 is 30.6 Å². The molecule has 0 aromatic carbocycles. The zero-order valence-electron chi connectivity index (χ0n) is 20.0. The Morgan fingerprint density at radius 1 is 1.22 bits per heavy atom. The lowest BCUT2D eigenvalue weighted by Crippen LogP contribution is -2.42. The molecule has 0 spiro atoms. The molecule has 1 N–H and O–H groups in total. The molecule has 1 aromatic heterocycles. The van der Waals surface area contributed by atoms with Crippen LogP contribution in [0.15, 0.2) is 47.5 Å². The van der Waals surface area contributed by atoms with Crippen molar-refractivity contribution in [1.29, 1.82) is 0 Å². The monoisotopic (exact) mass is 443 g/mol. The van der Waals surface area contributed by atoms with Crippen molar-refractivity contribution in [2.24, 2.45) is 5.92 Å². The van der Waals surface area contributed by atoms with Crippen molar-refractivity contribution in [1.82, 2.24) is 9.88 Å². The average molecular weight is 444 g/mol. The Morgan fingerprint density at radius 3 is 2.44 bits per heavy atom. The minimum atomic E-state index is -2.73. The first-order valence-electron chi connectivity index (χ1n) is 11.3. The maximum absolute atomic E-state index is 13.1. The first kappa shape index (κ1) is 25.5. The maximum Gasteiger partial charge on any atom is 0.249 e. The fraction of sp³-hybridized carbons (Fsp3) is 0.462. The molecule has 0 aliphatic heterocycles. The van der Waals surface area contributed by atoms with E-state index >= 15 is 0 Å². The first-order valence-corrected chi connectivity index (χ1v) is 11.3. The number of amides is 1. The molecule has 1 heterocycles. The number of hydrogen-bond acceptors (Lipinski definition) is 3. The van der Waals surface area contributed by atoms with Gasteiger partial charge in [0.05, 0.1) is 0 Å². The van der Waals surface area contributed by atoms with Crippen LogP contribution in [0.5, 0.6) is 0 Å². The molecule has 0 unspecified atom stereocenters. The number of rotatable bonds is 8. The number of hydrogen-bond donors (Lipinski definition) is 1. The van der Waals surface area contributed by atoms with Crippen LogP contribution in [0.2, 0.25) is 0 Å². The van der Waals surface area contributed by atoms with Crippen molar-refractivity contribution in [2.45, 2.75) is 66.2 Å². The van der Waals surface area contributed by atoms with Crippen LogP contribution in [0.4, 0.5) is 14.6 Å². The molecule has 1 aromatic rings. The Labute approximate surface area is 190 Å². The Balaban J connectivity index is 2.42. The highest BCUT2D eigenvalue weighted by Gasteiger charge is 2.48. The summed E-state index contributed by atoms with van der Waals surface area (Å²) in [7, 11) is 2.04. The molecule has 0 atom stereocenters. The number of likely N-dealkylation sites (N-methyl/N-ethyl adjacent to an activating group) is 1. The Hall–Kier alpha value is -2.76. The lowest BCUT2D eigenvalue weighted by atomic mass is 9.81. The fourth-order valence-electron chi connectivity index (χ4n) is 3.79. The molecule has 1 aliphatic carbocycles. The number of nitrogens with one attached hydrogen (secondary N) is 1. The summed E-state index contributed by atoms with van der Waals surface area (Å²) in [6, 6.07) is 1.81. The number of allylic oxidation sites excluding steroid dienone is 5. The highest BCUT2D eigenvalue weighted by Crippen LogP contribution is 2.42. The predicted octanol–water partition coefficient (Wildman–Crippen LogP) is 5.13. The molecular weight excluding hydrogens is 408 g/mol. The number of anilines is 1. The lowest BCUT2D eigenvalue weighted by molar-refractivity contribution is -0.145. The molecule has 0 bridgehead atoms. The van der Waals surface area contributed by atoms with E-state index in [-0.39, 0.29) is 0 Å². The normalized spacial score (nSPS) is 18.6. The number of pyridine rings is 1. The van der Waals surface area contributed by atoms with E-state index in [2.05, 4.69) is 66.4 Å². The van der Waals surface area contributed by atoms with Gasteiger partial charge >= 0.3 is 0 Å². The number of alkyl halides is 2. The SMILES string of the molecule is C/C=C(C(/C=c1/cc(NC(=O)C2CC(F)(F)C2)nc/c1=C\CC)=C/C)\N(C)/C(C)=C/CC. The summed E-state index contributed by atoms with van der Waals surface area (Å²) in [5.41, 5.74) is 3.26. The number of aromatic nitrogens is 1. The minimum Gasteiger partial charge on any atom is -0.349 e. The topological polar surface area (TPSA) is 45.2 Å². The van der Waals surface area contributed by atoms with Crippen LogP contribution in [-0.4, -0.2) is 28.8 Å². The zero-order chi connectivity index (χ0) is 23.9. The third-order valence-electron chi connectivity index (χ3n) is 5.69. The molecule has 1 amide bonds. The van der Waals surface area contributed by atoms with E-state index in [4.69, 9.17) is 0 Å². The molecule has 6 heteroatoms. The number of halogens is 2. The predicted molar refractivity (Wildman–Crippen MR) is 128 cm³/mol. The Morgan fingerprint density at radius 2 is 1.91 bits per heavy atom. The summed E-state index contributed by atoms with van der Waals surface area (Å²) >= 11 is 0. The van der Waals surface area contributed by atoms with Crippen molar-refractivity contribution >= 4 is 23.9 Å². The Kier molecular flexibility index (Phi) is 8.93. The van der Waals surface area contributed by atoms with Crippen LogP contribution in [0, 0.1) is 5.92 Å². The van der Waals surface area contributed by atoms with E-state index in [0.29, 0.717) is 5.82 Å². The molecule has 0 saturated heterocycles. The van der Waals surface area contributed by atoms with E-state index in [1.807, 2.05) is 27.0 Å². The van der Waals surface area contributed by atoms with Gasteiger partial charge in [-0.2, -0.15) is 0 Å². The van der Waals surface area contributed by atoms with Gasteiger partial charge in [0.25, 0.3) is 0 Å². The van der Waals surface area contributed by atoms with E-state index in [0.717, 1.165) is 40.2 Å². The highest BCUT2D eigenvalue weighted by atomic mass is 19.3. The average Bonchev–Trinajstić information content (AvgIpc) is 2.73. The van der Waals surface area contributed by atoms with Gasteiger partial charge < -0.3 is 10.2 Å². The van der Waals surface area contributed by atoms with E-state index in [9.17, 15) is 13.6 Å². The summed E-state index contributed by atoms with van der Waals surface area (Å²) in [5, 5.41) is 4.58. The van der Waals surface area contributed by atoms with Crippen LogP contribution in [-0.2, 0) is 4.79 Å². The van der Waals surface area contributed by atoms with Crippen LogP contribution in [0.1, 0.15) is 60.3 Å². The van der Waals surface area contributed by atoms with Crippen LogP contribution in [0.3, 0.4) is 0 Å². The maximum atomic E-state index is 13.1. The van der Waals surface area contributed by atoms with Gasteiger partial charge in [0, 0.05) is 43.4 Å². The van der Waals surface area contributed by atoms with Crippen molar-refractivity contribution in [3.8, 4) is 0 Å². The van der Waals surface area contributed by atoms with Gasteiger partial charge in [-0.3, -0.25) is 4.79 Å². The van der Waals surface area contributed by atoms with Gasteiger partial charge in [0.2, 0.25) is 11.8 Å². The molecule has 1 aliphatic rings. The summed E-state index contributed by atoms with van der Waals surface area (Å²) in [6.45, 7) is 10.2. The van der Waals surface area contributed by atoms with Crippen LogP contribution in [0.25, 0.3) is 12.2 Å². The molecule has 174 valence electrons. The second kappa shape index (κ2) is 11.2. The van der Waals surface area contributed by atoms with Gasteiger partial charge in [-0.15, -0.1) is 0 Å². The smallest absolute Gasteiger partial charge is 0.249 e. The fourth-order valence-corrected chi connectivity index (χ4v) is 3.79. The lowest BCUT2D eigenvalue weighted by Gasteiger charge is -2.33. The van der Waals surface area contributed by atoms with Gasteiger partial charge in [0.15, 0.2) is 0 Å². The minimum absolute atomic E-state index is 0.373. The van der Waals surface area contributed by atoms with Gasteiger partial charge in [0.1, 0.15) is 5.82 Å². The summed E-state index contributed by atoms with van der Waals surface area (Å²) in [5.74, 6) is -3.42. The van der Waals surface area contributed by atoms with E-state index in [1.165, 1.54) is 0 Å². The summed E-state index contributed by atoms with van der Waals surface area (Å²) in [6.07, 6.45) is 13.2. The van der Waals surface area contributed by atoms with Gasteiger partial charge in [-0.25, -0.2) is 13.8 Å². The second-order valence-corrected chi connectivity index (χ2v) is 8.14. The third kappa shape index (κ3) is 6.38. The standard InChI is InChI=1S/C26H35F2N3O/c1-7-11-18(5)31(6)23(10-4)19(9-3)13-21-14-24(29-17-20(21)12-8-2)30-25(32)22-15-26(27,28)16-22/h9-14,17,22H,7-8,15-16H2,1-6H3,(H,30,32)/b18-11+,19-9+,20-12+,21-13-,23-10-. The first-order chi connectivity index (χ1) is 15.1. The summed E-state index contributed by atoms with van der Waals surface area (Å²) < 4.78 is 26.3. The van der Waals surface area contributed by atoms with Crippen molar-refractivity contribution in [3.63, 3.8) is 0 Å². The molecule has 2 rings (SSSR count). The van der Waals surface area contributed by atoms with Crippen LogP contribution < -0.4 is 15.8 Å². The largest absolute Gasteiger partial charge is 0.349 e. The molecule has 0 radical (unpaired) electrons. The van der Waals surface area contributed by atoms with Gasteiger partial charge in [-0.05, 0) is 61.8 Å².